The lowest BCUT2D eigenvalue weighted by Gasteiger charge is -2.03. The van der Waals surface area contributed by atoms with Gasteiger partial charge >= 0.3 is 7.12 Å². The summed E-state index contributed by atoms with van der Waals surface area (Å²) in [6.45, 7) is 2.00. The molecule has 8 aromatic rings. The summed E-state index contributed by atoms with van der Waals surface area (Å²) in [7, 11) is -1.34. The molecule has 50 heavy (non-hydrogen) atoms. The minimum absolute atomic E-state index is 0. The van der Waals surface area contributed by atoms with Crippen molar-refractivity contribution in [3.8, 4) is 11.3 Å². The Bertz CT molecular complexity index is 2300. The monoisotopic (exact) mass is 760 g/mol. The third-order valence-corrected chi connectivity index (χ3v) is 10.1. The highest BCUT2D eigenvalue weighted by Crippen LogP contribution is 2.39. The molecule has 4 aromatic heterocycles. The van der Waals surface area contributed by atoms with Crippen LogP contribution >= 0.6 is 57.5 Å². The fourth-order valence-corrected chi connectivity index (χ4v) is 8.05. The van der Waals surface area contributed by atoms with Crippen molar-refractivity contribution in [2.75, 3.05) is 13.2 Å². The van der Waals surface area contributed by atoms with Gasteiger partial charge in [-0.25, -0.2) is 19.9 Å². The van der Waals surface area contributed by atoms with E-state index in [0.717, 1.165) is 55.0 Å². The maximum Gasteiger partial charge on any atom is 0.488 e. The molecule has 1 aliphatic rings. The van der Waals surface area contributed by atoms with Crippen LogP contribution in [0.4, 0.5) is 0 Å². The second-order valence-electron chi connectivity index (χ2n) is 10.7. The molecule has 0 bridgehead atoms. The second kappa shape index (κ2) is 18.0. The maximum absolute atomic E-state index is 8.58. The van der Waals surface area contributed by atoms with Crippen LogP contribution in [0, 0.1) is 0 Å². The van der Waals surface area contributed by atoms with Crippen LogP contribution < -0.4 is 5.46 Å². The third kappa shape index (κ3) is 9.14. The van der Waals surface area contributed by atoms with Crippen LogP contribution in [0.5, 0.6) is 0 Å². The first-order valence-electron chi connectivity index (χ1n) is 15.3. The molecule has 0 atom stereocenters. The molecule has 0 radical (unpaired) electrons. The zero-order valence-electron chi connectivity index (χ0n) is 25.8. The summed E-state index contributed by atoms with van der Waals surface area (Å²) in [5.74, 6) is 0. The van der Waals surface area contributed by atoms with Gasteiger partial charge < -0.3 is 14.8 Å². The van der Waals surface area contributed by atoms with Crippen molar-refractivity contribution in [2.45, 2.75) is 20.3 Å². The van der Waals surface area contributed by atoms with Gasteiger partial charge in [-0.05, 0) is 53.6 Å². The summed E-state index contributed by atoms with van der Waals surface area (Å²) < 4.78 is 7.29. The molecule has 0 unspecified atom stereocenters. The number of rotatable bonds is 2. The number of ether oxygens (including phenoxy) is 1. The number of hydrogen-bond donors (Lipinski definition) is 2. The van der Waals surface area contributed by atoms with Gasteiger partial charge in [-0.2, -0.15) is 0 Å². The summed E-state index contributed by atoms with van der Waals surface area (Å²) in [4.78, 5) is 18.7. The summed E-state index contributed by atoms with van der Waals surface area (Å²) in [6.07, 6.45) is 2.56. The highest BCUT2D eigenvalue weighted by Gasteiger charge is 2.15. The van der Waals surface area contributed by atoms with Gasteiger partial charge in [-0.1, -0.05) is 116 Å². The lowest BCUT2D eigenvalue weighted by atomic mass is 9.81. The normalized spacial score (nSPS) is 11.9. The Morgan fingerprint density at radius 1 is 0.580 bits per heavy atom. The van der Waals surface area contributed by atoms with Crippen molar-refractivity contribution >= 4 is 111 Å². The van der Waals surface area contributed by atoms with E-state index in [1.165, 1.54) is 22.9 Å². The zero-order valence-corrected chi connectivity index (χ0v) is 29.7. The average Bonchev–Trinajstić information content (AvgIpc) is 3.89. The van der Waals surface area contributed by atoms with Gasteiger partial charge in [0.1, 0.15) is 14.8 Å². The molecule has 0 spiro atoms. The van der Waals surface area contributed by atoms with Gasteiger partial charge in [0.15, 0.2) is 0 Å². The quantitative estimate of drug-likeness (QED) is 0.103. The molecule has 9 rings (SSSR count). The third-order valence-electron chi connectivity index (χ3n) is 7.35. The Hall–Kier alpha value is -3.71. The van der Waals surface area contributed by atoms with E-state index < -0.39 is 7.12 Å². The molecule has 1 saturated heterocycles. The molecule has 0 saturated carbocycles. The molecule has 1 aliphatic heterocycles. The van der Waals surface area contributed by atoms with E-state index in [4.69, 9.17) is 49.6 Å². The highest BCUT2D eigenvalue weighted by molar-refractivity contribution is 7.26. The molecule has 0 amide bonds. The van der Waals surface area contributed by atoms with Crippen molar-refractivity contribution in [2.24, 2.45) is 0 Å². The fourth-order valence-electron chi connectivity index (χ4n) is 5.09. The minimum atomic E-state index is -1.34. The predicted octanol–water partition coefficient (Wildman–Crippen LogP) is 10.1. The summed E-state index contributed by atoms with van der Waals surface area (Å²) in [5.41, 5.74) is 2.49. The summed E-state index contributed by atoms with van der Waals surface area (Å²) in [6, 6.07) is 35.0. The number of fused-ring (bicyclic) bond motifs is 6. The first kappa shape index (κ1) is 37.5. The van der Waals surface area contributed by atoms with Crippen LogP contribution in [0.15, 0.2) is 109 Å². The zero-order chi connectivity index (χ0) is 34.2. The minimum Gasteiger partial charge on any atom is -0.423 e. The summed E-state index contributed by atoms with van der Waals surface area (Å²) in [5, 5.41) is 22.3. The van der Waals surface area contributed by atoms with Crippen LogP contribution in [-0.4, -0.2) is 50.3 Å². The molecule has 2 N–H and O–H groups in total. The average molecular weight is 762 g/mol. The number of halogens is 3. The highest BCUT2D eigenvalue weighted by atomic mass is 35.5. The van der Waals surface area contributed by atoms with E-state index >= 15 is 0 Å². The maximum atomic E-state index is 8.58. The predicted molar refractivity (Wildman–Crippen MR) is 213 cm³/mol. The molecule has 254 valence electrons. The Kier molecular flexibility index (Phi) is 13.5. The number of nitrogens with zero attached hydrogens (tertiary/aromatic N) is 4. The topological polar surface area (TPSA) is 101 Å². The van der Waals surface area contributed by atoms with Crippen LogP contribution in [0.1, 0.15) is 20.3 Å². The van der Waals surface area contributed by atoms with Gasteiger partial charge in [0, 0.05) is 44.3 Å². The largest absolute Gasteiger partial charge is 0.488 e. The van der Waals surface area contributed by atoms with Crippen molar-refractivity contribution < 1.29 is 14.8 Å². The van der Waals surface area contributed by atoms with E-state index in [9.17, 15) is 0 Å². The number of hydrogen-bond acceptors (Lipinski definition) is 9. The van der Waals surface area contributed by atoms with E-state index in [1.807, 2.05) is 72.8 Å². The Morgan fingerprint density at radius 2 is 1.06 bits per heavy atom. The van der Waals surface area contributed by atoms with E-state index in [-0.39, 0.29) is 12.7 Å². The lowest BCUT2D eigenvalue weighted by molar-refractivity contribution is 0.198. The van der Waals surface area contributed by atoms with Crippen molar-refractivity contribution in [1.29, 1.82) is 0 Å². The summed E-state index contributed by atoms with van der Waals surface area (Å²) >= 11 is 21.1. The van der Waals surface area contributed by atoms with E-state index in [2.05, 4.69) is 32.1 Å². The second-order valence-corrected chi connectivity index (χ2v) is 13.7. The molecule has 7 nitrogen and oxygen atoms in total. The van der Waals surface area contributed by atoms with Crippen LogP contribution in [-0.2, 0) is 4.74 Å². The fraction of sp³-hybridized carbons (Fsp3) is 0.135. The van der Waals surface area contributed by atoms with Gasteiger partial charge in [-0.3, -0.25) is 0 Å². The first-order chi connectivity index (χ1) is 23.9. The number of benzene rings is 4. The van der Waals surface area contributed by atoms with Crippen LogP contribution in [0.2, 0.25) is 15.7 Å². The molecule has 5 heterocycles. The smallest absolute Gasteiger partial charge is 0.423 e. The molecule has 13 heteroatoms. The lowest BCUT2D eigenvalue weighted by Crippen LogP contribution is -2.29. The van der Waals surface area contributed by atoms with Crippen molar-refractivity contribution in [1.82, 2.24) is 19.9 Å². The van der Waals surface area contributed by atoms with Crippen molar-refractivity contribution in [3.05, 3.63) is 125 Å². The first-order valence-corrected chi connectivity index (χ1v) is 18.0. The number of thiophene rings is 2. The van der Waals surface area contributed by atoms with Crippen LogP contribution in [0.25, 0.3) is 51.9 Å². The van der Waals surface area contributed by atoms with Gasteiger partial charge in [-0.15, -0.1) is 22.7 Å². The van der Waals surface area contributed by atoms with E-state index in [1.54, 1.807) is 46.9 Å². The molecule has 1 fully saturated rings. The molecular weight excluding hydrogens is 730 g/mol. The van der Waals surface area contributed by atoms with Crippen molar-refractivity contribution in [3.63, 3.8) is 0 Å². The van der Waals surface area contributed by atoms with Gasteiger partial charge in [0.2, 0.25) is 10.6 Å². The SMILES string of the molecule is C.C1CCOC1.Clc1nc(-c2ccccc2)c2c(n1)sc1ccccc12.Clc1nc(Cl)c2c(n1)sc1ccccc12.OB(O)c1ccccc1. The van der Waals surface area contributed by atoms with Gasteiger partial charge in [0.05, 0.1) is 11.1 Å². The van der Waals surface area contributed by atoms with Gasteiger partial charge in [0.25, 0.3) is 0 Å². The Morgan fingerprint density at radius 3 is 1.58 bits per heavy atom. The van der Waals surface area contributed by atoms with E-state index in [0.29, 0.717) is 15.9 Å². The Labute approximate surface area is 313 Å². The molecule has 4 aromatic carbocycles. The Balaban J connectivity index is 0.000000142. The van der Waals surface area contributed by atoms with Crippen LogP contribution in [0.3, 0.4) is 0 Å². The standard InChI is InChI=1S/C16H9ClN2S.C10H4Cl2N2S.C6H7BO2.C4H8O.CH4/c17-16-18-14(10-6-2-1-3-7-10)13-11-8-4-5-9-12(11)20-15(13)19-16;11-8-7-5-3-1-2-4-6(5)15-9(7)14-10(12)13-8;8-7(9)6-4-2-1-3-5-6;1-2-4-5-3-1;/h1-9H;1-4H;1-5,8-9H;1-4H2;1H4. The molecular formula is C37H32BCl3N4O3S2. The number of aromatic nitrogens is 4. The molecule has 0 aliphatic carbocycles.